The van der Waals surface area contributed by atoms with Gasteiger partial charge >= 0.3 is 6.18 Å². The van der Waals surface area contributed by atoms with Crippen molar-refractivity contribution in [2.24, 2.45) is 0 Å². The second-order valence-electron chi connectivity index (χ2n) is 4.96. The number of aliphatic hydroxyl groups excluding tert-OH is 1. The van der Waals surface area contributed by atoms with E-state index in [-0.39, 0.29) is 6.54 Å². The molecule has 1 aromatic carbocycles. The predicted molar refractivity (Wildman–Crippen MR) is 72.6 cm³/mol. The number of aryl methyl sites for hydroxylation is 1. The fourth-order valence-corrected chi connectivity index (χ4v) is 1.77. The Morgan fingerprint density at radius 3 is 2.57 bits per heavy atom. The molecule has 0 aliphatic carbocycles. The average molecular weight is 304 g/mol. The van der Waals surface area contributed by atoms with Crippen LogP contribution in [0.3, 0.4) is 0 Å². The number of nitrogens with zero attached hydrogens (tertiary/aromatic N) is 1. The van der Waals surface area contributed by atoms with E-state index in [9.17, 15) is 18.0 Å². The summed E-state index contributed by atoms with van der Waals surface area (Å²) in [6.45, 7) is 1.38. The lowest BCUT2D eigenvalue weighted by molar-refractivity contribution is -0.207. The third-order valence-electron chi connectivity index (χ3n) is 3.01. The first kappa shape index (κ1) is 17.5. The Balaban J connectivity index is 2.39. The fourth-order valence-electron chi connectivity index (χ4n) is 1.77. The molecule has 0 fully saturated rings. The van der Waals surface area contributed by atoms with Crippen molar-refractivity contribution >= 4 is 5.91 Å². The highest BCUT2D eigenvalue weighted by molar-refractivity contribution is 5.78. The molecule has 1 unspecified atom stereocenters. The number of nitrogens with one attached hydrogen (secondary N) is 1. The normalized spacial score (nSPS) is 13.3. The highest BCUT2D eigenvalue weighted by Crippen LogP contribution is 2.20. The third-order valence-corrected chi connectivity index (χ3v) is 3.01. The zero-order valence-electron chi connectivity index (χ0n) is 11.9. The third kappa shape index (κ3) is 6.14. The highest BCUT2D eigenvalue weighted by atomic mass is 19.4. The van der Waals surface area contributed by atoms with Crippen molar-refractivity contribution in [2.45, 2.75) is 25.7 Å². The fraction of sp³-hybridized carbons (Fsp3) is 0.500. The van der Waals surface area contributed by atoms with Gasteiger partial charge in [-0.2, -0.15) is 13.2 Å². The van der Waals surface area contributed by atoms with Crippen LogP contribution >= 0.6 is 0 Å². The number of benzene rings is 1. The van der Waals surface area contributed by atoms with E-state index < -0.39 is 24.7 Å². The summed E-state index contributed by atoms with van der Waals surface area (Å²) in [5.41, 5.74) is 1.97. The van der Waals surface area contributed by atoms with Gasteiger partial charge in [-0.3, -0.25) is 9.69 Å². The van der Waals surface area contributed by atoms with Crippen LogP contribution in [-0.4, -0.2) is 48.3 Å². The second-order valence-corrected chi connectivity index (χ2v) is 4.96. The van der Waals surface area contributed by atoms with E-state index in [0.29, 0.717) is 6.54 Å². The predicted octanol–water partition coefficient (Wildman–Crippen LogP) is 1.47. The van der Waals surface area contributed by atoms with Gasteiger partial charge in [0.25, 0.3) is 0 Å². The van der Waals surface area contributed by atoms with E-state index >= 15 is 0 Å². The minimum atomic E-state index is -4.67. The number of rotatable bonds is 6. The monoisotopic (exact) mass is 304 g/mol. The van der Waals surface area contributed by atoms with E-state index in [1.807, 2.05) is 31.2 Å². The van der Waals surface area contributed by atoms with Crippen molar-refractivity contribution in [3.63, 3.8) is 0 Å². The number of likely N-dealkylation sites (N-methyl/N-ethyl adjacent to an activating group) is 1. The van der Waals surface area contributed by atoms with Crippen LogP contribution in [-0.2, 0) is 11.3 Å². The lowest BCUT2D eigenvalue weighted by atomic mass is 10.1. The number of carbonyl (C=O) groups is 1. The molecule has 1 rings (SSSR count). The highest BCUT2D eigenvalue weighted by Gasteiger charge is 2.38. The molecule has 0 aromatic heterocycles. The summed E-state index contributed by atoms with van der Waals surface area (Å²) in [4.78, 5) is 12.8. The maximum Gasteiger partial charge on any atom is 0.415 e. The Labute approximate surface area is 121 Å². The van der Waals surface area contributed by atoms with Crippen molar-refractivity contribution in [3.8, 4) is 0 Å². The lowest BCUT2D eigenvalue weighted by Crippen LogP contribution is -2.43. The minimum absolute atomic E-state index is 0.209. The van der Waals surface area contributed by atoms with Gasteiger partial charge in [0.2, 0.25) is 5.91 Å². The van der Waals surface area contributed by atoms with Crippen LogP contribution < -0.4 is 5.32 Å². The zero-order valence-corrected chi connectivity index (χ0v) is 11.9. The van der Waals surface area contributed by atoms with Gasteiger partial charge in [0.05, 0.1) is 6.54 Å². The van der Waals surface area contributed by atoms with Crippen molar-refractivity contribution in [1.29, 1.82) is 0 Å². The Morgan fingerprint density at radius 1 is 1.38 bits per heavy atom. The maximum atomic E-state index is 12.2. The number of aliphatic hydroxyl groups is 1. The molecule has 0 spiro atoms. The molecule has 4 nitrogen and oxygen atoms in total. The Bertz CT molecular complexity index is 478. The van der Waals surface area contributed by atoms with Crippen LogP contribution in [0.5, 0.6) is 0 Å². The Hall–Kier alpha value is -1.60. The molecule has 0 aliphatic rings. The number of carbonyl (C=O) groups excluding carboxylic acids is 1. The Morgan fingerprint density at radius 2 is 2.00 bits per heavy atom. The molecule has 0 bridgehead atoms. The first-order valence-corrected chi connectivity index (χ1v) is 6.44. The number of hydrogen-bond acceptors (Lipinski definition) is 3. The summed E-state index contributed by atoms with van der Waals surface area (Å²) in [5.74, 6) is -0.393. The van der Waals surface area contributed by atoms with Gasteiger partial charge in [-0.1, -0.05) is 24.3 Å². The van der Waals surface area contributed by atoms with Gasteiger partial charge < -0.3 is 10.4 Å². The Kier molecular flexibility index (Phi) is 6.17. The van der Waals surface area contributed by atoms with Crippen LogP contribution in [0.15, 0.2) is 24.3 Å². The van der Waals surface area contributed by atoms with Gasteiger partial charge in [0.15, 0.2) is 6.10 Å². The molecule has 7 heteroatoms. The quantitative estimate of drug-likeness (QED) is 0.837. The van der Waals surface area contributed by atoms with Gasteiger partial charge in [0, 0.05) is 13.1 Å². The van der Waals surface area contributed by atoms with Crippen LogP contribution in [0.25, 0.3) is 0 Å². The summed E-state index contributed by atoms with van der Waals surface area (Å²) in [7, 11) is 1.35. The molecule has 1 aromatic rings. The van der Waals surface area contributed by atoms with Crippen molar-refractivity contribution < 1.29 is 23.1 Å². The number of halogens is 3. The molecular weight excluding hydrogens is 285 g/mol. The van der Waals surface area contributed by atoms with Crippen molar-refractivity contribution in [2.75, 3.05) is 20.1 Å². The summed E-state index contributed by atoms with van der Waals surface area (Å²) in [6, 6.07) is 7.51. The smallest absolute Gasteiger partial charge is 0.382 e. The van der Waals surface area contributed by atoms with Crippen LogP contribution in [0.4, 0.5) is 13.2 Å². The molecule has 0 radical (unpaired) electrons. The first-order chi connectivity index (χ1) is 9.70. The number of hydrogen-bond donors (Lipinski definition) is 2. The molecule has 0 saturated heterocycles. The molecule has 0 saturated carbocycles. The first-order valence-electron chi connectivity index (χ1n) is 6.44. The SMILES string of the molecule is Cc1ccccc1CNC(=O)CN(C)CC(O)C(F)(F)F. The largest absolute Gasteiger partial charge is 0.415 e. The second kappa shape index (κ2) is 7.42. The molecule has 118 valence electrons. The van der Waals surface area contributed by atoms with Crippen molar-refractivity contribution in [3.05, 3.63) is 35.4 Å². The maximum absolute atomic E-state index is 12.2. The molecule has 1 amide bonds. The molecule has 2 N–H and O–H groups in total. The van der Waals surface area contributed by atoms with Gasteiger partial charge in [-0.25, -0.2) is 0 Å². The van der Waals surface area contributed by atoms with Crippen LogP contribution in [0.2, 0.25) is 0 Å². The summed E-state index contributed by atoms with van der Waals surface area (Å²) >= 11 is 0. The molecular formula is C14H19F3N2O2. The van der Waals surface area contributed by atoms with Gasteiger partial charge in [-0.15, -0.1) is 0 Å². The van der Waals surface area contributed by atoms with Gasteiger partial charge in [0.1, 0.15) is 0 Å². The molecule has 0 aliphatic heterocycles. The molecule has 1 atom stereocenters. The lowest BCUT2D eigenvalue weighted by Gasteiger charge is -2.21. The molecule has 21 heavy (non-hydrogen) atoms. The van der Waals surface area contributed by atoms with E-state index in [2.05, 4.69) is 5.32 Å². The van der Waals surface area contributed by atoms with Crippen LogP contribution in [0, 0.1) is 6.92 Å². The molecule has 0 heterocycles. The summed E-state index contributed by atoms with van der Waals surface area (Å²) < 4.78 is 36.6. The number of alkyl halides is 3. The van der Waals surface area contributed by atoms with E-state index in [1.54, 1.807) is 0 Å². The van der Waals surface area contributed by atoms with Gasteiger partial charge in [-0.05, 0) is 25.1 Å². The number of amides is 1. The topological polar surface area (TPSA) is 52.6 Å². The van der Waals surface area contributed by atoms with E-state index in [0.717, 1.165) is 16.0 Å². The van der Waals surface area contributed by atoms with Crippen molar-refractivity contribution in [1.82, 2.24) is 10.2 Å². The average Bonchev–Trinajstić information content (AvgIpc) is 2.36. The summed E-state index contributed by atoms with van der Waals surface area (Å²) in [6.07, 6.45) is -7.13. The summed E-state index contributed by atoms with van der Waals surface area (Å²) in [5, 5.41) is 11.6. The minimum Gasteiger partial charge on any atom is -0.382 e. The standard InChI is InChI=1S/C14H19F3N2O2/c1-10-5-3-4-6-11(10)7-18-13(21)9-19(2)8-12(20)14(15,16)17/h3-6,12,20H,7-9H2,1-2H3,(H,18,21). The van der Waals surface area contributed by atoms with E-state index in [4.69, 9.17) is 5.11 Å². The van der Waals surface area contributed by atoms with Crippen LogP contribution in [0.1, 0.15) is 11.1 Å². The van der Waals surface area contributed by atoms with E-state index in [1.165, 1.54) is 7.05 Å². The zero-order chi connectivity index (χ0) is 16.0.